The molecule has 7 nitrogen and oxygen atoms in total. The molecule has 0 atom stereocenters. The highest BCUT2D eigenvalue weighted by atomic mass is 32.2. The van der Waals surface area contributed by atoms with Crippen LogP contribution in [0.2, 0.25) is 0 Å². The first-order valence-electron chi connectivity index (χ1n) is 8.36. The Kier molecular flexibility index (Phi) is 5.32. The Morgan fingerprint density at radius 1 is 0.893 bits per heavy atom. The summed E-state index contributed by atoms with van der Waals surface area (Å²) in [4.78, 5) is 10.3. The van der Waals surface area contributed by atoms with Crippen LogP contribution in [0.1, 0.15) is 5.56 Å². The van der Waals surface area contributed by atoms with Gasteiger partial charge in [-0.05, 0) is 48.9 Å². The van der Waals surface area contributed by atoms with Crippen molar-refractivity contribution in [1.29, 1.82) is 0 Å². The minimum atomic E-state index is -4.12. The molecule has 0 aromatic heterocycles. The van der Waals surface area contributed by atoms with Crippen LogP contribution in [-0.4, -0.2) is 20.4 Å². The zero-order chi connectivity index (χ0) is 20.3. The lowest BCUT2D eigenvalue weighted by atomic mass is 10.2. The van der Waals surface area contributed by atoms with E-state index in [0.717, 1.165) is 4.31 Å². The van der Waals surface area contributed by atoms with E-state index >= 15 is 0 Å². The van der Waals surface area contributed by atoms with Crippen LogP contribution >= 0.6 is 0 Å². The Morgan fingerprint density at radius 2 is 1.50 bits per heavy atom. The van der Waals surface area contributed by atoms with E-state index in [4.69, 9.17) is 4.74 Å². The number of benzene rings is 3. The van der Waals surface area contributed by atoms with Crippen LogP contribution in [0.15, 0.2) is 77.7 Å². The van der Waals surface area contributed by atoms with Crippen molar-refractivity contribution >= 4 is 21.4 Å². The van der Waals surface area contributed by atoms with Crippen molar-refractivity contribution in [3.63, 3.8) is 0 Å². The fourth-order valence-corrected chi connectivity index (χ4v) is 4.30. The maximum absolute atomic E-state index is 13.0. The van der Waals surface area contributed by atoms with Crippen LogP contribution in [0, 0.1) is 17.0 Å². The SMILES string of the molecule is Cc1cccc([N+](=O)[O-])c1S(=O)(=O)N(C)c1ccc(Oc2ccccc2)cc1. The molecule has 3 aromatic carbocycles. The minimum Gasteiger partial charge on any atom is -0.457 e. The highest BCUT2D eigenvalue weighted by Gasteiger charge is 2.31. The number of ether oxygens (including phenoxy) is 1. The number of nitrogens with zero attached hydrogens (tertiary/aromatic N) is 2. The van der Waals surface area contributed by atoms with Gasteiger partial charge in [0.25, 0.3) is 15.7 Å². The Morgan fingerprint density at radius 3 is 2.11 bits per heavy atom. The van der Waals surface area contributed by atoms with Gasteiger partial charge in [0.2, 0.25) is 0 Å². The zero-order valence-corrected chi connectivity index (χ0v) is 16.1. The van der Waals surface area contributed by atoms with E-state index in [1.54, 1.807) is 24.3 Å². The summed E-state index contributed by atoms with van der Waals surface area (Å²) in [6.45, 7) is 1.53. The van der Waals surface area contributed by atoms with E-state index < -0.39 is 20.6 Å². The third-order valence-electron chi connectivity index (χ3n) is 4.19. The maximum atomic E-state index is 13.0. The number of nitro benzene ring substituents is 1. The summed E-state index contributed by atoms with van der Waals surface area (Å²) in [5, 5.41) is 11.3. The molecule has 0 saturated carbocycles. The van der Waals surface area contributed by atoms with Gasteiger partial charge >= 0.3 is 0 Å². The van der Waals surface area contributed by atoms with Crippen LogP contribution in [-0.2, 0) is 10.0 Å². The van der Waals surface area contributed by atoms with E-state index in [2.05, 4.69) is 0 Å². The molecule has 3 aromatic rings. The molecule has 0 bridgehead atoms. The first-order chi connectivity index (χ1) is 13.3. The monoisotopic (exact) mass is 398 g/mol. The Hall–Kier alpha value is -3.39. The highest BCUT2D eigenvalue weighted by Crippen LogP contribution is 2.32. The highest BCUT2D eigenvalue weighted by molar-refractivity contribution is 7.93. The maximum Gasteiger partial charge on any atom is 0.290 e. The molecule has 8 heteroatoms. The molecule has 3 rings (SSSR count). The van der Waals surface area contributed by atoms with Gasteiger partial charge in [-0.25, -0.2) is 8.42 Å². The van der Waals surface area contributed by atoms with Crippen molar-refractivity contribution in [3.8, 4) is 11.5 Å². The Labute approximate surface area is 163 Å². The molecule has 0 heterocycles. The van der Waals surface area contributed by atoms with Crippen molar-refractivity contribution in [3.05, 3.63) is 88.5 Å². The molecule has 0 saturated heterocycles. The van der Waals surface area contributed by atoms with Gasteiger partial charge in [-0.2, -0.15) is 0 Å². The van der Waals surface area contributed by atoms with E-state index in [-0.39, 0.29) is 4.90 Å². The summed E-state index contributed by atoms with van der Waals surface area (Å²) in [6.07, 6.45) is 0. The minimum absolute atomic E-state index is 0.310. The molecule has 144 valence electrons. The van der Waals surface area contributed by atoms with Crippen LogP contribution in [0.5, 0.6) is 11.5 Å². The van der Waals surface area contributed by atoms with E-state index in [0.29, 0.717) is 22.7 Å². The molecule has 0 unspecified atom stereocenters. The molecule has 0 radical (unpaired) electrons. The lowest BCUT2D eigenvalue weighted by Crippen LogP contribution is -2.27. The number of nitro groups is 1. The number of hydrogen-bond donors (Lipinski definition) is 0. The molecule has 0 aliphatic carbocycles. The molecule has 0 spiro atoms. The fraction of sp³-hybridized carbons (Fsp3) is 0.100. The quantitative estimate of drug-likeness (QED) is 0.450. The van der Waals surface area contributed by atoms with Gasteiger partial charge in [0.05, 0.1) is 10.6 Å². The largest absolute Gasteiger partial charge is 0.457 e. The lowest BCUT2D eigenvalue weighted by Gasteiger charge is -2.20. The predicted octanol–water partition coefficient (Wildman–Crippen LogP) is 4.52. The number of hydrogen-bond acceptors (Lipinski definition) is 5. The third kappa shape index (κ3) is 3.81. The molecule has 0 aliphatic heterocycles. The van der Waals surface area contributed by atoms with Crippen LogP contribution < -0.4 is 9.04 Å². The molecule has 0 N–H and O–H groups in total. The van der Waals surface area contributed by atoms with Gasteiger partial charge in [-0.3, -0.25) is 14.4 Å². The summed E-state index contributed by atoms with van der Waals surface area (Å²) in [5.41, 5.74) is 0.221. The molecular formula is C20H18N2O5S. The standard InChI is InChI=1S/C20H18N2O5S/c1-15-7-6-10-19(22(23)24)20(15)28(25,26)21(2)16-11-13-18(14-12-16)27-17-8-4-3-5-9-17/h3-14H,1-2H3. The first-order valence-corrected chi connectivity index (χ1v) is 9.80. The molecular weight excluding hydrogens is 380 g/mol. The van der Waals surface area contributed by atoms with Crippen molar-refractivity contribution < 1.29 is 18.1 Å². The zero-order valence-electron chi connectivity index (χ0n) is 15.3. The smallest absolute Gasteiger partial charge is 0.290 e. The van der Waals surface area contributed by atoms with Crippen LogP contribution in [0.25, 0.3) is 0 Å². The fourth-order valence-electron chi connectivity index (χ4n) is 2.74. The van der Waals surface area contributed by atoms with E-state index in [1.807, 2.05) is 30.3 Å². The first kappa shape index (κ1) is 19.4. The van der Waals surface area contributed by atoms with Crippen molar-refractivity contribution in [2.45, 2.75) is 11.8 Å². The molecule has 0 amide bonds. The second-order valence-corrected chi connectivity index (χ2v) is 7.97. The summed E-state index contributed by atoms with van der Waals surface area (Å²) in [5.74, 6) is 1.20. The topological polar surface area (TPSA) is 89.8 Å². The van der Waals surface area contributed by atoms with Gasteiger partial charge in [0.15, 0.2) is 4.90 Å². The number of anilines is 1. The summed E-state index contributed by atoms with van der Waals surface area (Å²) < 4.78 is 32.8. The normalized spacial score (nSPS) is 11.1. The van der Waals surface area contributed by atoms with Crippen LogP contribution in [0.4, 0.5) is 11.4 Å². The Bertz CT molecular complexity index is 1100. The molecule has 0 aliphatic rings. The average molecular weight is 398 g/mol. The van der Waals surface area contributed by atoms with Gasteiger partial charge in [0, 0.05) is 13.1 Å². The van der Waals surface area contributed by atoms with E-state index in [9.17, 15) is 18.5 Å². The second kappa shape index (κ2) is 7.69. The van der Waals surface area contributed by atoms with Crippen molar-refractivity contribution in [1.82, 2.24) is 0 Å². The van der Waals surface area contributed by atoms with Gasteiger partial charge in [-0.15, -0.1) is 0 Å². The predicted molar refractivity (Wildman–Crippen MR) is 106 cm³/mol. The number of para-hydroxylation sites is 1. The summed E-state index contributed by atoms with van der Waals surface area (Å²) >= 11 is 0. The van der Waals surface area contributed by atoms with Gasteiger partial charge < -0.3 is 4.74 Å². The number of aryl methyl sites for hydroxylation is 1. The summed E-state index contributed by atoms with van der Waals surface area (Å²) in [6, 6.07) is 19.8. The Balaban J connectivity index is 1.91. The van der Waals surface area contributed by atoms with Gasteiger partial charge in [0.1, 0.15) is 11.5 Å². The number of rotatable bonds is 6. The van der Waals surface area contributed by atoms with E-state index in [1.165, 1.54) is 32.2 Å². The third-order valence-corrected chi connectivity index (χ3v) is 6.16. The lowest BCUT2D eigenvalue weighted by molar-refractivity contribution is -0.387. The molecule has 0 fully saturated rings. The average Bonchev–Trinajstić information content (AvgIpc) is 2.68. The number of sulfonamides is 1. The molecule has 28 heavy (non-hydrogen) atoms. The second-order valence-electron chi connectivity index (χ2n) is 6.06. The van der Waals surface area contributed by atoms with Crippen LogP contribution in [0.3, 0.4) is 0 Å². The summed E-state index contributed by atoms with van der Waals surface area (Å²) in [7, 11) is -2.76. The van der Waals surface area contributed by atoms with Crippen molar-refractivity contribution in [2.75, 3.05) is 11.4 Å². The van der Waals surface area contributed by atoms with Gasteiger partial charge in [-0.1, -0.05) is 30.3 Å². The van der Waals surface area contributed by atoms with Crippen molar-refractivity contribution in [2.24, 2.45) is 0 Å².